The summed E-state index contributed by atoms with van der Waals surface area (Å²) < 4.78 is 11.1. The van der Waals surface area contributed by atoms with Crippen LogP contribution in [0, 0.1) is 0 Å². The average Bonchev–Trinajstić information content (AvgIpc) is 2.82. The second-order valence-electron chi connectivity index (χ2n) is 4.02. The smallest absolute Gasteiger partial charge is 0.163 e. The van der Waals surface area contributed by atoms with Crippen LogP contribution in [0.4, 0.5) is 5.69 Å². The highest BCUT2D eigenvalue weighted by Crippen LogP contribution is 2.34. The van der Waals surface area contributed by atoms with Crippen LogP contribution in [0.1, 0.15) is 12.8 Å². The third kappa shape index (κ3) is 1.62. The number of ether oxygens (including phenoxy) is 2. The molecule has 80 valence electrons. The summed E-state index contributed by atoms with van der Waals surface area (Å²) in [4.78, 5) is 2.40. The molecule has 1 aromatic rings. The van der Waals surface area contributed by atoms with Crippen LogP contribution in [0.5, 0.6) is 11.5 Å². The van der Waals surface area contributed by atoms with Gasteiger partial charge in [0.2, 0.25) is 0 Å². The summed E-state index contributed by atoms with van der Waals surface area (Å²) in [6.45, 7) is 3.66. The van der Waals surface area contributed by atoms with Crippen molar-refractivity contribution in [3.8, 4) is 11.5 Å². The number of nitrogens with zero attached hydrogens (tertiary/aromatic N) is 1. The second kappa shape index (κ2) is 3.65. The zero-order valence-electron chi connectivity index (χ0n) is 8.74. The number of hydrogen-bond acceptors (Lipinski definition) is 3. The molecule has 0 N–H and O–H groups in total. The third-order valence-corrected chi connectivity index (χ3v) is 3.00. The normalized spacial score (nSPS) is 19.3. The Hall–Kier alpha value is -1.38. The highest BCUT2D eigenvalue weighted by Gasteiger charge is 2.16. The predicted molar refractivity (Wildman–Crippen MR) is 58.9 cm³/mol. The van der Waals surface area contributed by atoms with Crippen molar-refractivity contribution in [3.05, 3.63) is 18.2 Å². The summed E-state index contributed by atoms with van der Waals surface area (Å²) in [6.07, 6.45) is 2.60. The Labute approximate surface area is 89.6 Å². The molecule has 0 unspecified atom stereocenters. The minimum atomic E-state index is 0.663. The highest BCUT2D eigenvalue weighted by atomic mass is 16.6. The molecule has 1 aromatic carbocycles. The molecule has 0 spiro atoms. The van der Waals surface area contributed by atoms with Gasteiger partial charge < -0.3 is 14.4 Å². The standard InChI is InChI=1S/C12H15NO2/c1-2-6-13(5-1)10-3-4-11-12(9-10)15-8-7-14-11/h3-4,9H,1-2,5-8H2. The molecule has 1 fully saturated rings. The predicted octanol–water partition coefficient (Wildman–Crippen LogP) is 2.06. The maximum absolute atomic E-state index is 5.57. The summed E-state index contributed by atoms with van der Waals surface area (Å²) >= 11 is 0. The molecule has 15 heavy (non-hydrogen) atoms. The van der Waals surface area contributed by atoms with Crippen LogP contribution < -0.4 is 14.4 Å². The van der Waals surface area contributed by atoms with Crippen LogP contribution in [0.25, 0.3) is 0 Å². The summed E-state index contributed by atoms with van der Waals surface area (Å²) in [5, 5.41) is 0. The van der Waals surface area contributed by atoms with E-state index in [9.17, 15) is 0 Å². The largest absolute Gasteiger partial charge is 0.486 e. The molecule has 0 aliphatic carbocycles. The van der Waals surface area contributed by atoms with Gasteiger partial charge in [-0.15, -0.1) is 0 Å². The summed E-state index contributed by atoms with van der Waals surface area (Å²) in [5.41, 5.74) is 1.26. The minimum Gasteiger partial charge on any atom is -0.486 e. The van der Waals surface area contributed by atoms with Gasteiger partial charge in [-0.25, -0.2) is 0 Å². The molecule has 2 aliphatic heterocycles. The molecule has 3 heteroatoms. The Balaban J connectivity index is 1.89. The molecule has 0 radical (unpaired) electrons. The van der Waals surface area contributed by atoms with Gasteiger partial charge in [0.25, 0.3) is 0 Å². The van der Waals surface area contributed by atoms with Crippen LogP contribution in [-0.2, 0) is 0 Å². The van der Waals surface area contributed by atoms with Crippen molar-refractivity contribution in [1.29, 1.82) is 0 Å². The van der Waals surface area contributed by atoms with Crippen LogP contribution >= 0.6 is 0 Å². The molecule has 0 aromatic heterocycles. The van der Waals surface area contributed by atoms with Crippen LogP contribution in [0.3, 0.4) is 0 Å². The van der Waals surface area contributed by atoms with Gasteiger partial charge in [0, 0.05) is 24.8 Å². The van der Waals surface area contributed by atoms with E-state index in [1.807, 2.05) is 6.07 Å². The monoisotopic (exact) mass is 205 g/mol. The van der Waals surface area contributed by atoms with Gasteiger partial charge in [-0.05, 0) is 25.0 Å². The first-order chi connectivity index (χ1) is 7.43. The van der Waals surface area contributed by atoms with E-state index in [-0.39, 0.29) is 0 Å². The Morgan fingerprint density at radius 2 is 1.67 bits per heavy atom. The van der Waals surface area contributed by atoms with E-state index in [0.29, 0.717) is 13.2 Å². The van der Waals surface area contributed by atoms with E-state index in [1.54, 1.807) is 0 Å². The van der Waals surface area contributed by atoms with Crippen LogP contribution in [-0.4, -0.2) is 26.3 Å². The fraction of sp³-hybridized carbons (Fsp3) is 0.500. The van der Waals surface area contributed by atoms with E-state index in [1.165, 1.54) is 31.6 Å². The number of anilines is 1. The Bertz CT molecular complexity index is 359. The van der Waals surface area contributed by atoms with E-state index >= 15 is 0 Å². The molecule has 0 amide bonds. The zero-order chi connectivity index (χ0) is 10.1. The molecule has 2 aliphatic rings. The van der Waals surface area contributed by atoms with Crippen molar-refractivity contribution in [2.45, 2.75) is 12.8 Å². The highest BCUT2D eigenvalue weighted by molar-refractivity contribution is 5.57. The van der Waals surface area contributed by atoms with Crippen LogP contribution in [0.15, 0.2) is 18.2 Å². The summed E-state index contributed by atoms with van der Waals surface area (Å²) in [6, 6.07) is 6.24. The topological polar surface area (TPSA) is 21.7 Å². The number of fused-ring (bicyclic) bond motifs is 1. The van der Waals surface area contributed by atoms with Crippen molar-refractivity contribution < 1.29 is 9.47 Å². The first-order valence-corrected chi connectivity index (χ1v) is 5.58. The van der Waals surface area contributed by atoms with E-state index in [4.69, 9.17) is 9.47 Å². The molecule has 1 saturated heterocycles. The first-order valence-electron chi connectivity index (χ1n) is 5.58. The van der Waals surface area contributed by atoms with Crippen molar-refractivity contribution in [2.24, 2.45) is 0 Å². The fourth-order valence-corrected chi connectivity index (χ4v) is 2.20. The van der Waals surface area contributed by atoms with Gasteiger partial charge in [-0.2, -0.15) is 0 Å². The molecule has 0 bridgehead atoms. The fourth-order valence-electron chi connectivity index (χ4n) is 2.20. The SMILES string of the molecule is c1cc2c(cc1N1CCCC1)OCCO2. The van der Waals surface area contributed by atoms with Crippen molar-refractivity contribution in [3.63, 3.8) is 0 Å². The molecule has 3 rings (SSSR count). The molecule has 2 heterocycles. The molecular formula is C12H15NO2. The molecular weight excluding hydrogens is 190 g/mol. The lowest BCUT2D eigenvalue weighted by molar-refractivity contribution is 0.171. The van der Waals surface area contributed by atoms with Gasteiger partial charge in [0.1, 0.15) is 13.2 Å². The lowest BCUT2D eigenvalue weighted by Gasteiger charge is -2.22. The Morgan fingerprint density at radius 1 is 0.933 bits per heavy atom. The van der Waals surface area contributed by atoms with Gasteiger partial charge in [-0.1, -0.05) is 0 Å². The van der Waals surface area contributed by atoms with Crippen molar-refractivity contribution in [1.82, 2.24) is 0 Å². The summed E-state index contributed by atoms with van der Waals surface area (Å²) in [5.74, 6) is 1.77. The lowest BCUT2D eigenvalue weighted by atomic mass is 10.2. The van der Waals surface area contributed by atoms with E-state index in [0.717, 1.165) is 11.5 Å². The first kappa shape index (κ1) is 8.89. The maximum Gasteiger partial charge on any atom is 0.163 e. The number of hydrogen-bond donors (Lipinski definition) is 0. The molecule has 0 saturated carbocycles. The van der Waals surface area contributed by atoms with Gasteiger partial charge >= 0.3 is 0 Å². The molecule has 0 atom stereocenters. The lowest BCUT2D eigenvalue weighted by Crippen LogP contribution is -2.19. The maximum atomic E-state index is 5.57. The average molecular weight is 205 g/mol. The van der Waals surface area contributed by atoms with Crippen LogP contribution in [0.2, 0.25) is 0 Å². The van der Waals surface area contributed by atoms with E-state index in [2.05, 4.69) is 17.0 Å². The number of rotatable bonds is 1. The Kier molecular flexibility index (Phi) is 2.16. The minimum absolute atomic E-state index is 0.663. The van der Waals surface area contributed by atoms with E-state index < -0.39 is 0 Å². The second-order valence-corrected chi connectivity index (χ2v) is 4.02. The van der Waals surface area contributed by atoms with Crippen molar-refractivity contribution >= 4 is 5.69 Å². The molecule has 3 nitrogen and oxygen atoms in total. The third-order valence-electron chi connectivity index (χ3n) is 3.00. The number of benzene rings is 1. The zero-order valence-corrected chi connectivity index (χ0v) is 8.74. The van der Waals surface area contributed by atoms with Crippen molar-refractivity contribution in [2.75, 3.05) is 31.2 Å². The summed E-state index contributed by atoms with van der Waals surface area (Å²) in [7, 11) is 0. The van der Waals surface area contributed by atoms with Gasteiger partial charge in [0.05, 0.1) is 0 Å². The van der Waals surface area contributed by atoms with Gasteiger partial charge in [-0.3, -0.25) is 0 Å². The Morgan fingerprint density at radius 3 is 2.47 bits per heavy atom. The quantitative estimate of drug-likeness (QED) is 0.700. The van der Waals surface area contributed by atoms with Gasteiger partial charge in [0.15, 0.2) is 11.5 Å².